The maximum absolute atomic E-state index is 13.6. The summed E-state index contributed by atoms with van der Waals surface area (Å²) in [7, 11) is 0. The molecule has 0 amide bonds. The molecule has 0 saturated carbocycles. The van der Waals surface area contributed by atoms with Crippen molar-refractivity contribution in [2.45, 2.75) is 23.3 Å². The first kappa shape index (κ1) is 14.6. The SMILES string of the molecule is CCNCc1cc(F)cc(Sc2cccc(Br)c2)c1. The van der Waals surface area contributed by atoms with Gasteiger partial charge in [0.2, 0.25) is 0 Å². The van der Waals surface area contributed by atoms with E-state index in [9.17, 15) is 4.39 Å². The first-order valence-corrected chi connectivity index (χ1v) is 7.72. The van der Waals surface area contributed by atoms with Crippen molar-refractivity contribution in [3.05, 3.63) is 58.3 Å². The van der Waals surface area contributed by atoms with E-state index in [-0.39, 0.29) is 5.82 Å². The molecular formula is C15H15BrFNS. The van der Waals surface area contributed by atoms with E-state index >= 15 is 0 Å². The molecule has 0 bridgehead atoms. The standard InChI is InChI=1S/C15H15BrFNS/c1-2-18-10-11-6-13(17)9-15(7-11)19-14-5-3-4-12(16)8-14/h3-9,18H,2,10H2,1H3. The normalized spacial score (nSPS) is 10.7. The predicted molar refractivity (Wildman–Crippen MR) is 82.0 cm³/mol. The van der Waals surface area contributed by atoms with Crippen LogP contribution in [0.1, 0.15) is 12.5 Å². The molecular weight excluding hydrogens is 325 g/mol. The summed E-state index contributed by atoms with van der Waals surface area (Å²) < 4.78 is 14.6. The van der Waals surface area contributed by atoms with Gasteiger partial charge in [0.1, 0.15) is 5.82 Å². The maximum Gasteiger partial charge on any atom is 0.124 e. The molecule has 0 unspecified atom stereocenters. The van der Waals surface area contributed by atoms with E-state index in [0.717, 1.165) is 26.4 Å². The fraction of sp³-hybridized carbons (Fsp3) is 0.200. The maximum atomic E-state index is 13.6. The molecule has 2 aromatic rings. The van der Waals surface area contributed by atoms with Gasteiger partial charge in [0.05, 0.1) is 0 Å². The highest BCUT2D eigenvalue weighted by molar-refractivity contribution is 9.10. The van der Waals surface area contributed by atoms with Crippen LogP contribution in [0.3, 0.4) is 0 Å². The Bertz CT molecular complexity index is 560. The average Bonchev–Trinajstić information content (AvgIpc) is 2.35. The van der Waals surface area contributed by atoms with Crippen molar-refractivity contribution in [1.82, 2.24) is 5.32 Å². The number of hydrogen-bond donors (Lipinski definition) is 1. The Hall–Kier alpha value is -0.840. The molecule has 0 saturated heterocycles. The fourth-order valence-corrected chi connectivity index (χ4v) is 3.25. The zero-order valence-electron chi connectivity index (χ0n) is 10.6. The number of benzene rings is 2. The lowest BCUT2D eigenvalue weighted by atomic mass is 10.2. The van der Waals surface area contributed by atoms with Crippen LogP contribution in [-0.4, -0.2) is 6.54 Å². The topological polar surface area (TPSA) is 12.0 Å². The monoisotopic (exact) mass is 339 g/mol. The van der Waals surface area contributed by atoms with Crippen molar-refractivity contribution in [2.24, 2.45) is 0 Å². The van der Waals surface area contributed by atoms with E-state index in [1.165, 1.54) is 0 Å². The lowest BCUT2D eigenvalue weighted by molar-refractivity contribution is 0.617. The van der Waals surface area contributed by atoms with Crippen LogP contribution in [0.25, 0.3) is 0 Å². The van der Waals surface area contributed by atoms with Crippen molar-refractivity contribution >= 4 is 27.7 Å². The van der Waals surface area contributed by atoms with Crippen LogP contribution >= 0.6 is 27.7 Å². The Labute approximate surface area is 125 Å². The number of nitrogens with one attached hydrogen (secondary N) is 1. The molecule has 0 aliphatic heterocycles. The highest BCUT2D eigenvalue weighted by Gasteiger charge is 2.03. The first-order valence-electron chi connectivity index (χ1n) is 6.11. The molecule has 4 heteroatoms. The minimum Gasteiger partial charge on any atom is -0.313 e. The minimum absolute atomic E-state index is 0.187. The zero-order chi connectivity index (χ0) is 13.7. The van der Waals surface area contributed by atoms with Crippen LogP contribution in [0.15, 0.2) is 56.7 Å². The average molecular weight is 340 g/mol. The summed E-state index contributed by atoms with van der Waals surface area (Å²) in [6.45, 7) is 3.61. The van der Waals surface area contributed by atoms with Crippen LogP contribution in [0.5, 0.6) is 0 Å². The molecule has 2 rings (SSSR count). The van der Waals surface area contributed by atoms with E-state index in [1.807, 2.05) is 37.3 Å². The van der Waals surface area contributed by atoms with Crippen molar-refractivity contribution in [3.63, 3.8) is 0 Å². The summed E-state index contributed by atoms with van der Waals surface area (Å²) >= 11 is 5.01. The molecule has 19 heavy (non-hydrogen) atoms. The quantitative estimate of drug-likeness (QED) is 0.835. The van der Waals surface area contributed by atoms with E-state index in [0.29, 0.717) is 6.54 Å². The highest BCUT2D eigenvalue weighted by atomic mass is 79.9. The molecule has 0 fully saturated rings. The van der Waals surface area contributed by atoms with E-state index in [2.05, 4.69) is 21.2 Å². The third kappa shape index (κ3) is 4.64. The van der Waals surface area contributed by atoms with Crippen LogP contribution in [0, 0.1) is 5.82 Å². The van der Waals surface area contributed by atoms with Crippen molar-refractivity contribution in [3.8, 4) is 0 Å². The molecule has 0 atom stereocenters. The fourth-order valence-electron chi connectivity index (χ4n) is 1.72. The van der Waals surface area contributed by atoms with Crippen LogP contribution in [-0.2, 0) is 6.54 Å². The van der Waals surface area contributed by atoms with Gasteiger partial charge in [0.25, 0.3) is 0 Å². The van der Waals surface area contributed by atoms with Gasteiger partial charge in [-0.2, -0.15) is 0 Å². The second-order valence-electron chi connectivity index (χ2n) is 4.13. The molecule has 1 nitrogen and oxygen atoms in total. The number of halogens is 2. The van der Waals surface area contributed by atoms with Gasteiger partial charge in [-0.3, -0.25) is 0 Å². The molecule has 0 spiro atoms. The summed E-state index contributed by atoms with van der Waals surface area (Å²) in [5, 5.41) is 3.21. The summed E-state index contributed by atoms with van der Waals surface area (Å²) in [6, 6.07) is 13.2. The van der Waals surface area contributed by atoms with Crippen LogP contribution in [0.2, 0.25) is 0 Å². The summed E-state index contributed by atoms with van der Waals surface area (Å²) in [6.07, 6.45) is 0. The molecule has 0 radical (unpaired) electrons. The van der Waals surface area contributed by atoms with Gasteiger partial charge < -0.3 is 5.32 Å². The van der Waals surface area contributed by atoms with Gasteiger partial charge in [-0.15, -0.1) is 0 Å². The molecule has 0 aliphatic carbocycles. The Morgan fingerprint density at radius 1 is 1.16 bits per heavy atom. The highest BCUT2D eigenvalue weighted by Crippen LogP contribution is 2.30. The molecule has 0 aliphatic rings. The largest absolute Gasteiger partial charge is 0.313 e. The lowest BCUT2D eigenvalue weighted by Crippen LogP contribution is -2.11. The second kappa shape index (κ2) is 7.08. The predicted octanol–water partition coefficient (Wildman–Crippen LogP) is 4.85. The zero-order valence-corrected chi connectivity index (χ0v) is 13.0. The first-order chi connectivity index (χ1) is 9.17. The number of rotatable bonds is 5. The Morgan fingerprint density at radius 2 is 2.00 bits per heavy atom. The Kier molecular flexibility index (Phi) is 5.43. The summed E-state index contributed by atoms with van der Waals surface area (Å²) in [5.41, 5.74) is 0.972. The summed E-state index contributed by atoms with van der Waals surface area (Å²) in [5.74, 6) is -0.187. The van der Waals surface area contributed by atoms with Gasteiger partial charge >= 0.3 is 0 Å². The third-order valence-electron chi connectivity index (χ3n) is 2.54. The molecule has 0 aromatic heterocycles. The smallest absolute Gasteiger partial charge is 0.124 e. The van der Waals surface area contributed by atoms with E-state index < -0.39 is 0 Å². The minimum atomic E-state index is -0.187. The van der Waals surface area contributed by atoms with Crippen LogP contribution in [0.4, 0.5) is 4.39 Å². The van der Waals surface area contributed by atoms with Gasteiger partial charge in [0, 0.05) is 20.8 Å². The Morgan fingerprint density at radius 3 is 2.74 bits per heavy atom. The molecule has 2 aromatic carbocycles. The molecule has 100 valence electrons. The van der Waals surface area contributed by atoms with Crippen LogP contribution < -0.4 is 5.32 Å². The van der Waals surface area contributed by atoms with Crippen molar-refractivity contribution in [2.75, 3.05) is 6.54 Å². The molecule has 1 N–H and O–H groups in total. The van der Waals surface area contributed by atoms with Gasteiger partial charge in [-0.1, -0.05) is 40.7 Å². The lowest BCUT2D eigenvalue weighted by Gasteiger charge is -2.07. The van der Waals surface area contributed by atoms with Gasteiger partial charge in [-0.05, 0) is 48.5 Å². The Balaban J connectivity index is 2.17. The molecule has 0 heterocycles. The number of hydrogen-bond acceptors (Lipinski definition) is 2. The van der Waals surface area contributed by atoms with E-state index in [4.69, 9.17) is 0 Å². The second-order valence-corrected chi connectivity index (χ2v) is 6.20. The summed E-state index contributed by atoms with van der Waals surface area (Å²) in [4.78, 5) is 2.01. The third-order valence-corrected chi connectivity index (χ3v) is 4.00. The van der Waals surface area contributed by atoms with Gasteiger partial charge in [0.15, 0.2) is 0 Å². The van der Waals surface area contributed by atoms with Crippen molar-refractivity contribution < 1.29 is 4.39 Å². The van der Waals surface area contributed by atoms with Gasteiger partial charge in [-0.25, -0.2) is 4.39 Å². The van der Waals surface area contributed by atoms with E-state index in [1.54, 1.807) is 23.9 Å². The van der Waals surface area contributed by atoms with Crippen molar-refractivity contribution in [1.29, 1.82) is 0 Å².